The van der Waals surface area contributed by atoms with Crippen LogP contribution in [0.1, 0.15) is 23.3 Å². The van der Waals surface area contributed by atoms with Gasteiger partial charge >= 0.3 is 0 Å². The van der Waals surface area contributed by atoms with Gasteiger partial charge in [0.25, 0.3) is 5.91 Å². The van der Waals surface area contributed by atoms with E-state index in [4.69, 9.17) is 4.52 Å². The molecule has 2 aromatic heterocycles. The molecule has 0 spiro atoms. The Bertz CT molecular complexity index is 874. The van der Waals surface area contributed by atoms with E-state index in [1.54, 1.807) is 24.7 Å². The van der Waals surface area contributed by atoms with Crippen LogP contribution in [0.15, 0.2) is 59.5 Å². The van der Waals surface area contributed by atoms with Gasteiger partial charge < -0.3 is 14.7 Å². The average molecular weight is 363 g/mol. The fourth-order valence-corrected chi connectivity index (χ4v) is 3.27. The van der Waals surface area contributed by atoms with E-state index in [-0.39, 0.29) is 5.91 Å². The third kappa shape index (κ3) is 4.13. The van der Waals surface area contributed by atoms with Gasteiger partial charge in [0.15, 0.2) is 11.5 Å². The summed E-state index contributed by atoms with van der Waals surface area (Å²) in [6.45, 7) is 2.48. The molecule has 7 heteroatoms. The van der Waals surface area contributed by atoms with Gasteiger partial charge in [-0.2, -0.15) is 0 Å². The first kappa shape index (κ1) is 17.2. The monoisotopic (exact) mass is 363 g/mol. The molecule has 0 bridgehead atoms. The molecule has 0 saturated carbocycles. The van der Waals surface area contributed by atoms with Crippen LogP contribution in [0.25, 0.3) is 11.3 Å². The second-order valence-electron chi connectivity index (χ2n) is 6.65. The Morgan fingerprint density at radius 1 is 1.19 bits per heavy atom. The van der Waals surface area contributed by atoms with E-state index in [0.717, 1.165) is 37.3 Å². The Morgan fingerprint density at radius 2 is 2.00 bits per heavy atom. The van der Waals surface area contributed by atoms with E-state index in [0.29, 0.717) is 23.9 Å². The van der Waals surface area contributed by atoms with E-state index < -0.39 is 0 Å². The zero-order valence-electron chi connectivity index (χ0n) is 14.9. The van der Waals surface area contributed by atoms with E-state index in [2.05, 4.69) is 25.3 Å². The van der Waals surface area contributed by atoms with Gasteiger partial charge in [-0.3, -0.25) is 9.78 Å². The summed E-state index contributed by atoms with van der Waals surface area (Å²) >= 11 is 0. The van der Waals surface area contributed by atoms with Gasteiger partial charge in [0, 0.05) is 43.7 Å². The Hall–Kier alpha value is -3.22. The maximum absolute atomic E-state index is 12.4. The summed E-state index contributed by atoms with van der Waals surface area (Å²) in [6, 6.07) is 11.3. The Kier molecular flexibility index (Phi) is 5.09. The minimum atomic E-state index is -0.197. The molecule has 27 heavy (non-hydrogen) atoms. The maximum Gasteiger partial charge on any atom is 0.273 e. The van der Waals surface area contributed by atoms with E-state index >= 15 is 0 Å². The van der Waals surface area contributed by atoms with Crippen LogP contribution in [0, 0.1) is 5.92 Å². The zero-order chi connectivity index (χ0) is 18.5. The first-order chi connectivity index (χ1) is 13.3. The number of carbonyl (C=O) groups excluding carboxylic acids is 1. The highest BCUT2D eigenvalue weighted by molar-refractivity contribution is 5.93. The molecule has 0 atom stereocenters. The molecule has 7 nitrogen and oxygen atoms in total. The summed E-state index contributed by atoms with van der Waals surface area (Å²) < 4.78 is 5.30. The van der Waals surface area contributed by atoms with E-state index in [9.17, 15) is 4.79 Å². The van der Waals surface area contributed by atoms with Crippen molar-refractivity contribution < 1.29 is 9.32 Å². The molecule has 1 amide bonds. The van der Waals surface area contributed by atoms with Crippen LogP contribution >= 0.6 is 0 Å². The summed E-state index contributed by atoms with van der Waals surface area (Å²) in [7, 11) is 0. The lowest BCUT2D eigenvalue weighted by Gasteiger charge is -2.32. The molecular formula is C20H21N5O2. The maximum atomic E-state index is 12.4. The van der Waals surface area contributed by atoms with Gasteiger partial charge in [-0.1, -0.05) is 35.5 Å². The normalized spacial score (nSPS) is 14.9. The van der Waals surface area contributed by atoms with Crippen molar-refractivity contribution in [3.8, 4) is 11.3 Å². The molecule has 0 unspecified atom stereocenters. The van der Waals surface area contributed by atoms with Crippen molar-refractivity contribution in [3.05, 3.63) is 60.7 Å². The predicted molar refractivity (Wildman–Crippen MR) is 101 cm³/mol. The highest BCUT2D eigenvalue weighted by Crippen LogP contribution is 2.21. The molecule has 1 aliphatic rings. The van der Waals surface area contributed by atoms with Gasteiger partial charge in [-0.25, -0.2) is 4.98 Å². The molecule has 3 aromatic rings. The standard InChI is InChI=1S/C20H21N5O2/c26-20(17-12-18(27-24-17)16-4-2-1-3-5-16)23-13-15-6-10-25(11-7-15)19-14-21-8-9-22-19/h1-5,8-9,12,14-15H,6-7,10-11,13H2,(H,23,26). The number of piperidine rings is 1. The number of aromatic nitrogens is 3. The van der Waals surface area contributed by atoms with Gasteiger partial charge in [-0.15, -0.1) is 0 Å². The molecule has 1 aliphatic heterocycles. The number of benzene rings is 1. The van der Waals surface area contributed by atoms with Crippen molar-refractivity contribution in [1.82, 2.24) is 20.4 Å². The largest absolute Gasteiger partial charge is 0.355 e. The van der Waals surface area contributed by atoms with Crippen molar-refractivity contribution in [3.63, 3.8) is 0 Å². The second-order valence-corrected chi connectivity index (χ2v) is 6.65. The summed E-state index contributed by atoms with van der Waals surface area (Å²) in [5, 5.41) is 6.88. The van der Waals surface area contributed by atoms with Gasteiger partial charge in [0.2, 0.25) is 0 Å². The summed E-state index contributed by atoms with van der Waals surface area (Å²) in [5.41, 5.74) is 1.21. The third-order valence-electron chi connectivity index (χ3n) is 4.84. The van der Waals surface area contributed by atoms with Gasteiger partial charge in [-0.05, 0) is 18.8 Å². The van der Waals surface area contributed by atoms with Crippen LogP contribution < -0.4 is 10.2 Å². The molecule has 1 aromatic carbocycles. The van der Waals surface area contributed by atoms with Crippen molar-refractivity contribution in [2.45, 2.75) is 12.8 Å². The van der Waals surface area contributed by atoms with Crippen molar-refractivity contribution in [1.29, 1.82) is 0 Å². The fraction of sp³-hybridized carbons (Fsp3) is 0.300. The molecule has 0 radical (unpaired) electrons. The lowest BCUT2D eigenvalue weighted by Crippen LogP contribution is -2.39. The molecule has 1 N–H and O–H groups in total. The highest BCUT2D eigenvalue weighted by atomic mass is 16.5. The summed E-state index contributed by atoms with van der Waals surface area (Å²) in [6.07, 6.45) is 7.19. The molecule has 138 valence electrons. The Morgan fingerprint density at radius 3 is 2.74 bits per heavy atom. The quantitative estimate of drug-likeness (QED) is 0.750. The van der Waals surface area contributed by atoms with Gasteiger partial charge in [0.1, 0.15) is 5.82 Å². The SMILES string of the molecule is O=C(NCC1CCN(c2cnccn2)CC1)c1cc(-c2ccccc2)on1. The second kappa shape index (κ2) is 7.99. The number of carbonyl (C=O) groups is 1. The smallest absolute Gasteiger partial charge is 0.273 e. The number of nitrogens with one attached hydrogen (secondary N) is 1. The third-order valence-corrected chi connectivity index (χ3v) is 4.84. The molecule has 1 fully saturated rings. The van der Waals surface area contributed by atoms with Crippen LogP contribution in [-0.2, 0) is 0 Å². The number of amides is 1. The summed E-state index contributed by atoms with van der Waals surface area (Å²) in [5.74, 6) is 1.76. The topological polar surface area (TPSA) is 84.2 Å². The van der Waals surface area contributed by atoms with Crippen molar-refractivity contribution in [2.24, 2.45) is 5.92 Å². The molecular weight excluding hydrogens is 342 g/mol. The van der Waals surface area contributed by atoms with Crippen LogP contribution in [0.4, 0.5) is 5.82 Å². The van der Waals surface area contributed by atoms with Crippen LogP contribution in [-0.4, -0.2) is 40.7 Å². The van der Waals surface area contributed by atoms with Crippen molar-refractivity contribution >= 4 is 11.7 Å². The molecule has 3 heterocycles. The first-order valence-corrected chi connectivity index (χ1v) is 9.11. The first-order valence-electron chi connectivity index (χ1n) is 9.11. The lowest BCUT2D eigenvalue weighted by atomic mass is 9.97. The minimum absolute atomic E-state index is 0.197. The van der Waals surface area contributed by atoms with Crippen LogP contribution in [0.5, 0.6) is 0 Å². The van der Waals surface area contributed by atoms with E-state index in [1.807, 2.05) is 30.3 Å². The number of anilines is 1. The average Bonchev–Trinajstić information content (AvgIpc) is 3.24. The Labute approximate surface area is 157 Å². The van der Waals surface area contributed by atoms with E-state index in [1.165, 1.54) is 0 Å². The van der Waals surface area contributed by atoms with Crippen molar-refractivity contribution in [2.75, 3.05) is 24.5 Å². The number of rotatable bonds is 5. The molecule has 4 rings (SSSR count). The predicted octanol–water partition coefficient (Wildman–Crippen LogP) is 2.78. The number of hydrogen-bond acceptors (Lipinski definition) is 6. The fourth-order valence-electron chi connectivity index (χ4n) is 3.27. The number of hydrogen-bond donors (Lipinski definition) is 1. The lowest BCUT2D eigenvalue weighted by molar-refractivity contribution is 0.0936. The highest BCUT2D eigenvalue weighted by Gasteiger charge is 2.21. The van der Waals surface area contributed by atoms with Gasteiger partial charge in [0.05, 0.1) is 6.20 Å². The molecule has 0 aliphatic carbocycles. The zero-order valence-corrected chi connectivity index (χ0v) is 14.9. The summed E-state index contributed by atoms with van der Waals surface area (Å²) in [4.78, 5) is 23.0. The molecule has 1 saturated heterocycles. The Balaban J connectivity index is 1.27. The van der Waals surface area contributed by atoms with Crippen LogP contribution in [0.3, 0.4) is 0 Å². The number of nitrogens with zero attached hydrogens (tertiary/aromatic N) is 4. The van der Waals surface area contributed by atoms with Crippen LogP contribution in [0.2, 0.25) is 0 Å². The minimum Gasteiger partial charge on any atom is -0.355 e.